The minimum Gasteiger partial charge on any atom is -0.350 e. The number of rotatable bonds is 2. The Labute approximate surface area is 121 Å². The van der Waals surface area contributed by atoms with E-state index < -0.39 is 0 Å². The molecule has 3 rings (SSSR count). The molecule has 0 bridgehead atoms. The zero-order valence-corrected chi connectivity index (χ0v) is 12.1. The van der Waals surface area contributed by atoms with Crippen LogP contribution in [0.3, 0.4) is 0 Å². The summed E-state index contributed by atoms with van der Waals surface area (Å²) in [5, 5.41) is 0. The highest BCUT2D eigenvalue weighted by Gasteiger charge is 2.44. The minimum atomic E-state index is -0.338. The second-order valence-corrected chi connectivity index (χ2v) is 5.68. The third kappa shape index (κ3) is 2.15. The lowest BCUT2D eigenvalue weighted by Crippen LogP contribution is -2.50. The monoisotopic (exact) mass is 267 g/mol. The van der Waals surface area contributed by atoms with E-state index in [1.165, 1.54) is 11.1 Å². The molecule has 2 nitrogen and oxygen atoms in total. The predicted molar refractivity (Wildman–Crippen MR) is 81.4 cm³/mol. The van der Waals surface area contributed by atoms with Crippen molar-refractivity contribution in [3.63, 3.8) is 0 Å². The molecule has 1 heterocycles. The topological polar surface area (TPSA) is 12.5 Å². The van der Waals surface area contributed by atoms with Gasteiger partial charge in [-0.2, -0.15) is 0 Å². The first-order chi connectivity index (χ1) is 9.73. The van der Waals surface area contributed by atoms with E-state index in [0.29, 0.717) is 12.6 Å². The fraction of sp³-hybridized carbons (Fsp3) is 0.333. The largest absolute Gasteiger partial charge is 0.350 e. The SMILES string of the molecule is CC1CN(C)COC1(c1ccccc1)c1ccccc1. The van der Waals surface area contributed by atoms with Gasteiger partial charge in [0.25, 0.3) is 0 Å². The van der Waals surface area contributed by atoms with Crippen LogP contribution in [0, 0.1) is 5.92 Å². The quantitative estimate of drug-likeness (QED) is 0.826. The van der Waals surface area contributed by atoms with E-state index in [1.54, 1.807) is 0 Å². The first-order valence-corrected chi connectivity index (χ1v) is 7.17. The molecule has 1 saturated heterocycles. The molecule has 0 aromatic heterocycles. The number of nitrogens with zero attached hydrogens (tertiary/aromatic N) is 1. The van der Waals surface area contributed by atoms with Crippen molar-refractivity contribution < 1.29 is 4.74 Å². The summed E-state index contributed by atoms with van der Waals surface area (Å²) in [6.07, 6.45) is 0. The molecule has 2 aromatic carbocycles. The number of benzene rings is 2. The van der Waals surface area contributed by atoms with Gasteiger partial charge in [-0.15, -0.1) is 0 Å². The van der Waals surface area contributed by atoms with E-state index >= 15 is 0 Å². The van der Waals surface area contributed by atoms with Gasteiger partial charge in [0, 0.05) is 12.5 Å². The second-order valence-electron chi connectivity index (χ2n) is 5.68. The van der Waals surface area contributed by atoms with Crippen molar-refractivity contribution in [2.75, 3.05) is 20.3 Å². The summed E-state index contributed by atoms with van der Waals surface area (Å²) in [4.78, 5) is 2.23. The fourth-order valence-corrected chi connectivity index (χ4v) is 3.28. The molecule has 2 heteroatoms. The lowest BCUT2D eigenvalue weighted by Gasteiger charge is -2.46. The van der Waals surface area contributed by atoms with Gasteiger partial charge in [-0.25, -0.2) is 0 Å². The van der Waals surface area contributed by atoms with Gasteiger partial charge in [0.15, 0.2) is 0 Å². The molecule has 0 spiro atoms. The zero-order chi connectivity index (χ0) is 14.0. The van der Waals surface area contributed by atoms with E-state index in [4.69, 9.17) is 4.74 Å². The molecular weight excluding hydrogens is 246 g/mol. The van der Waals surface area contributed by atoms with Crippen LogP contribution in [0.25, 0.3) is 0 Å². The highest BCUT2D eigenvalue weighted by molar-refractivity contribution is 5.37. The maximum Gasteiger partial charge on any atom is 0.124 e. The van der Waals surface area contributed by atoms with Crippen LogP contribution in [0.4, 0.5) is 0 Å². The molecule has 1 unspecified atom stereocenters. The van der Waals surface area contributed by atoms with E-state index in [0.717, 1.165) is 6.54 Å². The Morgan fingerprint density at radius 1 is 0.950 bits per heavy atom. The van der Waals surface area contributed by atoms with E-state index in [1.807, 2.05) is 0 Å². The molecule has 2 aromatic rings. The van der Waals surface area contributed by atoms with Crippen LogP contribution < -0.4 is 0 Å². The molecule has 20 heavy (non-hydrogen) atoms. The van der Waals surface area contributed by atoms with Crippen molar-refractivity contribution in [1.29, 1.82) is 0 Å². The summed E-state index contributed by atoms with van der Waals surface area (Å²) < 4.78 is 6.39. The van der Waals surface area contributed by atoms with Crippen LogP contribution in [0.2, 0.25) is 0 Å². The molecule has 1 fully saturated rings. The Kier molecular flexibility index (Phi) is 3.60. The van der Waals surface area contributed by atoms with Crippen molar-refractivity contribution in [2.45, 2.75) is 12.5 Å². The maximum absolute atomic E-state index is 6.39. The maximum atomic E-state index is 6.39. The molecule has 1 atom stereocenters. The smallest absolute Gasteiger partial charge is 0.124 e. The summed E-state index contributed by atoms with van der Waals surface area (Å²) in [7, 11) is 2.11. The van der Waals surface area contributed by atoms with Crippen LogP contribution >= 0.6 is 0 Å². The van der Waals surface area contributed by atoms with Crippen LogP contribution in [-0.2, 0) is 10.3 Å². The van der Waals surface area contributed by atoms with Gasteiger partial charge in [-0.3, -0.25) is 4.90 Å². The second kappa shape index (κ2) is 5.39. The lowest BCUT2D eigenvalue weighted by molar-refractivity contribution is -0.145. The van der Waals surface area contributed by atoms with E-state index in [2.05, 4.69) is 79.5 Å². The summed E-state index contributed by atoms with van der Waals surface area (Å²) >= 11 is 0. The first-order valence-electron chi connectivity index (χ1n) is 7.17. The molecule has 0 N–H and O–H groups in total. The fourth-order valence-electron chi connectivity index (χ4n) is 3.28. The highest BCUT2D eigenvalue weighted by Crippen LogP contribution is 2.42. The van der Waals surface area contributed by atoms with Crippen LogP contribution in [-0.4, -0.2) is 25.2 Å². The van der Waals surface area contributed by atoms with Gasteiger partial charge >= 0.3 is 0 Å². The van der Waals surface area contributed by atoms with Crippen molar-refractivity contribution >= 4 is 0 Å². The predicted octanol–water partition coefficient (Wildman–Crippen LogP) is 3.49. The average molecular weight is 267 g/mol. The van der Waals surface area contributed by atoms with E-state index in [-0.39, 0.29) is 5.60 Å². The molecule has 0 radical (unpaired) electrons. The van der Waals surface area contributed by atoms with Gasteiger partial charge in [0.2, 0.25) is 0 Å². The van der Waals surface area contributed by atoms with Crippen molar-refractivity contribution in [3.8, 4) is 0 Å². The van der Waals surface area contributed by atoms with Gasteiger partial charge in [0.1, 0.15) is 12.3 Å². The van der Waals surface area contributed by atoms with Crippen LogP contribution in [0.15, 0.2) is 60.7 Å². The lowest BCUT2D eigenvalue weighted by atomic mass is 9.75. The first kappa shape index (κ1) is 13.3. The summed E-state index contributed by atoms with van der Waals surface area (Å²) in [5.41, 5.74) is 2.15. The average Bonchev–Trinajstić information content (AvgIpc) is 2.50. The van der Waals surface area contributed by atoms with Crippen molar-refractivity contribution in [3.05, 3.63) is 71.8 Å². The summed E-state index contributed by atoms with van der Waals surface area (Å²) in [6, 6.07) is 21.2. The number of hydrogen-bond donors (Lipinski definition) is 0. The summed E-state index contributed by atoms with van der Waals surface area (Å²) in [5.74, 6) is 0.394. The molecule has 0 aliphatic carbocycles. The Morgan fingerprint density at radius 3 is 1.90 bits per heavy atom. The molecule has 104 valence electrons. The van der Waals surface area contributed by atoms with Crippen LogP contribution in [0.5, 0.6) is 0 Å². The highest BCUT2D eigenvalue weighted by atomic mass is 16.5. The van der Waals surface area contributed by atoms with Gasteiger partial charge in [-0.05, 0) is 18.2 Å². The Morgan fingerprint density at radius 2 is 1.45 bits per heavy atom. The third-order valence-electron chi connectivity index (χ3n) is 4.20. The molecule has 1 aliphatic heterocycles. The Bertz CT molecular complexity index is 513. The number of hydrogen-bond acceptors (Lipinski definition) is 2. The van der Waals surface area contributed by atoms with Crippen molar-refractivity contribution in [1.82, 2.24) is 4.90 Å². The normalized spacial score (nSPS) is 22.6. The summed E-state index contributed by atoms with van der Waals surface area (Å²) in [6.45, 7) is 3.97. The Balaban J connectivity index is 2.13. The standard InChI is InChI=1S/C18H21NO/c1-15-13-19(2)14-20-18(15,16-9-5-3-6-10-16)17-11-7-4-8-12-17/h3-12,15H,13-14H2,1-2H3. The van der Waals surface area contributed by atoms with E-state index in [9.17, 15) is 0 Å². The van der Waals surface area contributed by atoms with Gasteiger partial charge < -0.3 is 4.74 Å². The van der Waals surface area contributed by atoms with Crippen LogP contribution in [0.1, 0.15) is 18.1 Å². The zero-order valence-electron chi connectivity index (χ0n) is 12.1. The van der Waals surface area contributed by atoms with Gasteiger partial charge in [0.05, 0.1) is 0 Å². The van der Waals surface area contributed by atoms with Crippen molar-refractivity contribution in [2.24, 2.45) is 5.92 Å². The molecule has 1 aliphatic rings. The Hall–Kier alpha value is -1.64. The molecule has 0 saturated carbocycles. The number of ether oxygens (including phenoxy) is 1. The minimum absolute atomic E-state index is 0.338. The third-order valence-corrected chi connectivity index (χ3v) is 4.20. The molecule has 0 amide bonds. The van der Waals surface area contributed by atoms with Gasteiger partial charge in [-0.1, -0.05) is 67.6 Å². The molecular formula is C18H21NO.